The minimum Gasteiger partial charge on any atom is -0.378 e. The van der Waals surface area contributed by atoms with Crippen molar-refractivity contribution in [2.75, 3.05) is 25.5 Å². The van der Waals surface area contributed by atoms with E-state index in [0.717, 1.165) is 30.6 Å². The second-order valence-corrected chi connectivity index (χ2v) is 5.07. The Bertz CT molecular complexity index is 414. The summed E-state index contributed by atoms with van der Waals surface area (Å²) < 4.78 is 0. The Morgan fingerprint density at radius 1 is 1.33 bits per heavy atom. The Balaban J connectivity index is 2.20. The van der Waals surface area contributed by atoms with Gasteiger partial charge in [0.15, 0.2) is 0 Å². The van der Waals surface area contributed by atoms with Gasteiger partial charge in [-0.1, -0.05) is 12.1 Å². The standard InChI is InChI=1S/C14H21N3O/c1-17(2)11-7-5-10(6-8-11)13-12(14(15)18)4-3-9-16-13/h5-8,12-13,16H,3-4,9H2,1-2H3,(H2,15,18). The highest BCUT2D eigenvalue weighted by atomic mass is 16.1. The molecular formula is C14H21N3O. The smallest absolute Gasteiger partial charge is 0.222 e. The maximum atomic E-state index is 11.5. The zero-order valence-corrected chi connectivity index (χ0v) is 11.0. The molecule has 1 heterocycles. The van der Waals surface area contributed by atoms with Crippen LogP contribution in [0.15, 0.2) is 24.3 Å². The number of hydrogen-bond acceptors (Lipinski definition) is 3. The number of carbonyl (C=O) groups is 1. The molecule has 2 atom stereocenters. The van der Waals surface area contributed by atoms with E-state index in [1.807, 2.05) is 14.1 Å². The Hall–Kier alpha value is -1.55. The van der Waals surface area contributed by atoms with Crippen LogP contribution in [0.1, 0.15) is 24.4 Å². The van der Waals surface area contributed by atoms with Crippen LogP contribution in [0.4, 0.5) is 5.69 Å². The molecule has 98 valence electrons. The summed E-state index contributed by atoms with van der Waals surface area (Å²) in [6.45, 7) is 0.948. The van der Waals surface area contributed by atoms with Gasteiger partial charge in [0.2, 0.25) is 5.91 Å². The van der Waals surface area contributed by atoms with E-state index in [1.165, 1.54) is 0 Å². The molecule has 1 fully saturated rings. The van der Waals surface area contributed by atoms with Gasteiger partial charge in [-0.2, -0.15) is 0 Å². The van der Waals surface area contributed by atoms with Crippen molar-refractivity contribution in [3.8, 4) is 0 Å². The SMILES string of the molecule is CN(C)c1ccc(C2NCCCC2C(N)=O)cc1. The Morgan fingerprint density at radius 3 is 2.56 bits per heavy atom. The van der Waals surface area contributed by atoms with Gasteiger partial charge in [0.25, 0.3) is 0 Å². The Morgan fingerprint density at radius 2 is 2.00 bits per heavy atom. The first-order valence-corrected chi connectivity index (χ1v) is 6.39. The van der Waals surface area contributed by atoms with E-state index in [1.54, 1.807) is 0 Å². The van der Waals surface area contributed by atoms with Gasteiger partial charge in [0.1, 0.15) is 0 Å². The summed E-state index contributed by atoms with van der Waals surface area (Å²) in [5.74, 6) is -0.298. The molecule has 2 rings (SSSR count). The lowest BCUT2D eigenvalue weighted by Crippen LogP contribution is -2.40. The summed E-state index contributed by atoms with van der Waals surface area (Å²) in [7, 11) is 4.03. The Kier molecular flexibility index (Phi) is 3.87. The highest BCUT2D eigenvalue weighted by Gasteiger charge is 2.30. The predicted octanol–water partition coefficient (Wildman–Crippen LogP) is 1.28. The minimum absolute atomic E-state index is 0.0625. The molecule has 0 spiro atoms. The molecule has 4 nitrogen and oxygen atoms in total. The normalized spacial score (nSPS) is 23.7. The first kappa shape index (κ1) is 12.9. The zero-order valence-electron chi connectivity index (χ0n) is 11.0. The molecule has 3 N–H and O–H groups in total. The second-order valence-electron chi connectivity index (χ2n) is 5.07. The van der Waals surface area contributed by atoms with Crippen LogP contribution in [-0.4, -0.2) is 26.5 Å². The third-order valence-electron chi connectivity index (χ3n) is 3.59. The average Bonchev–Trinajstić information content (AvgIpc) is 2.39. The summed E-state index contributed by atoms with van der Waals surface area (Å²) in [5, 5.41) is 3.40. The van der Waals surface area contributed by atoms with Crippen LogP contribution in [0, 0.1) is 5.92 Å². The largest absolute Gasteiger partial charge is 0.378 e. The lowest BCUT2D eigenvalue weighted by Gasteiger charge is -2.31. The third-order valence-corrected chi connectivity index (χ3v) is 3.59. The molecule has 0 radical (unpaired) electrons. The number of piperidine rings is 1. The number of primary amides is 1. The van der Waals surface area contributed by atoms with Crippen molar-refractivity contribution in [1.29, 1.82) is 0 Å². The summed E-state index contributed by atoms with van der Waals surface area (Å²) in [4.78, 5) is 13.5. The fraction of sp³-hybridized carbons (Fsp3) is 0.500. The van der Waals surface area contributed by atoms with E-state index in [9.17, 15) is 4.79 Å². The van der Waals surface area contributed by atoms with E-state index in [-0.39, 0.29) is 17.9 Å². The van der Waals surface area contributed by atoms with Crippen LogP contribution in [0.2, 0.25) is 0 Å². The number of anilines is 1. The van der Waals surface area contributed by atoms with Gasteiger partial charge in [0.05, 0.1) is 5.92 Å². The van der Waals surface area contributed by atoms with Crippen molar-refractivity contribution in [3.63, 3.8) is 0 Å². The monoisotopic (exact) mass is 247 g/mol. The van der Waals surface area contributed by atoms with Crippen molar-refractivity contribution in [1.82, 2.24) is 5.32 Å². The molecular weight excluding hydrogens is 226 g/mol. The van der Waals surface area contributed by atoms with Crippen LogP contribution < -0.4 is 16.0 Å². The predicted molar refractivity (Wildman–Crippen MR) is 73.4 cm³/mol. The van der Waals surface area contributed by atoms with Crippen molar-refractivity contribution < 1.29 is 4.79 Å². The first-order chi connectivity index (χ1) is 8.59. The number of rotatable bonds is 3. The van der Waals surface area contributed by atoms with Crippen LogP contribution in [-0.2, 0) is 4.79 Å². The molecule has 18 heavy (non-hydrogen) atoms. The maximum absolute atomic E-state index is 11.5. The highest BCUT2D eigenvalue weighted by molar-refractivity contribution is 5.77. The lowest BCUT2D eigenvalue weighted by atomic mass is 9.86. The first-order valence-electron chi connectivity index (χ1n) is 6.39. The molecule has 0 saturated carbocycles. The van der Waals surface area contributed by atoms with Gasteiger partial charge in [-0.15, -0.1) is 0 Å². The second kappa shape index (κ2) is 5.40. The van der Waals surface area contributed by atoms with Gasteiger partial charge < -0.3 is 16.0 Å². The topological polar surface area (TPSA) is 58.4 Å². The van der Waals surface area contributed by atoms with E-state index < -0.39 is 0 Å². The average molecular weight is 247 g/mol. The molecule has 2 unspecified atom stereocenters. The van der Waals surface area contributed by atoms with Crippen molar-refractivity contribution in [2.45, 2.75) is 18.9 Å². The van der Waals surface area contributed by atoms with E-state index in [0.29, 0.717) is 0 Å². The van der Waals surface area contributed by atoms with E-state index >= 15 is 0 Å². The summed E-state index contributed by atoms with van der Waals surface area (Å²) in [5.41, 5.74) is 7.79. The summed E-state index contributed by atoms with van der Waals surface area (Å²) in [6, 6.07) is 8.36. The van der Waals surface area contributed by atoms with Gasteiger partial charge in [-0.3, -0.25) is 4.79 Å². The maximum Gasteiger partial charge on any atom is 0.222 e. The molecule has 1 aromatic rings. The fourth-order valence-electron chi connectivity index (χ4n) is 2.52. The van der Waals surface area contributed by atoms with E-state index in [4.69, 9.17) is 5.73 Å². The minimum atomic E-state index is -0.205. The van der Waals surface area contributed by atoms with Crippen LogP contribution in [0.3, 0.4) is 0 Å². The van der Waals surface area contributed by atoms with Crippen LogP contribution >= 0.6 is 0 Å². The lowest BCUT2D eigenvalue weighted by molar-refractivity contribution is -0.123. The highest BCUT2D eigenvalue weighted by Crippen LogP contribution is 2.29. The van der Waals surface area contributed by atoms with Crippen molar-refractivity contribution >= 4 is 11.6 Å². The molecule has 1 saturated heterocycles. The number of nitrogens with two attached hydrogens (primary N) is 1. The Labute approximate surface area is 108 Å². The molecule has 1 aliphatic rings. The number of benzene rings is 1. The third kappa shape index (κ3) is 2.64. The summed E-state index contributed by atoms with van der Waals surface area (Å²) in [6.07, 6.45) is 1.89. The molecule has 0 aliphatic carbocycles. The van der Waals surface area contributed by atoms with Crippen molar-refractivity contribution in [3.05, 3.63) is 29.8 Å². The quantitative estimate of drug-likeness (QED) is 0.846. The number of nitrogens with one attached hydrogen (secondary N) is 1. The van der Waals surface area contributed by atoms with Crippen LogP contribution in [0.5, 0.6) is 0 Å². The van der Waals surface area contributed by atoms with Crippen molar-refractivity contribution in [2.24, 2.45) is 11.7 Å². The fourth-order valence-corrected chi connectivity index (χ4v) is 2.52. The molecule has 1 aliphatic heterocycles. The van der Waals surface area contributed by atoms with Gasteiger partial charge in [-0.25, -0.2) is 0 Å². The van der Waals surface area contributed by atoms with E-state index in [2.05, 4.69) is 34.5 Å². The number of amides is 1. The van der Waals surface area contributed by atoms with Gasteiger partial charge in [0, 0.05) is 25.8 Å². The number of nitrogens with zero attached hydrogens (tertiary/aromatic N) is 1. The molecule has 0 bridgehead atoms. The molecule has 4 heteroatoms. The van der Waals surface area contributed by atoms with Gasteiger partial charge >= 0.3 is 0 Å². The molecule has 1 aromatic carbocycles. The summed E-state index contributed by atoms with van der Waals surface area (Å²) >= 11 is 0. The van der Waals surface area contributed by atoms with Gasteiger partial charge in [-0.05, 0) is 37.1 Å². The van der Waals surface area contributed by atoms with Crippen LogP contribution in [0.25, 0.3) is 0 Å². The zero-order chi connectivity index (χ0) is 13.1. The molecule has 1 amide bonds. The molecule has 0 aromatic heterocycles. The number of carbonyl (C=O) groups excluding carboxylic acids is 1. The number of hydrogen-bond donors (Lipinski definition) is 2.